The van der Waals surface area contributed by atoms with Gasteiger partial charge >= 0.3 is 11.9 Å². The van der Waals surface area contributed by atoms with E-state index in [1.807, 2.05) is 0 Å². The quantitative estimate of drug-likeness (QED) is 0.540. The fraction of sp³-hybridized carbons (Fsp3) is 0.0909. The molecule has 0 saturated carbocycles. The number of carboxylic acid groups (broad SMARTS) is 1. The molecule has 122 valence electrons. The molecular formula is C11H6Br4N4O4. The first-order chi connectivity index (χ1) is 10.8. The number of ether oxygens (including phenoxy) is 1. The third kappa shape index (κ3) is 6.20. The smallest absolute Gasteiger partial charge is 0.359 e. The van der Waals surface area contributed by atoms with E-state index < -0.39 is 11.9 Å². The summed E-state index contributed by atoms with van der Waals surface area (Å²) in [5, 5.41) is 8.54. The highest BCUT2D eigenvalue weighted by Gasteiger charge is 2.13. The van der Waals surface area contributed by atoms with Gasteiger partial charge in [0.05, 0.1) is 19.5 Å². The highest BCUT2D eigenvalue weighted by atomic mass is 79.9. The zero-order valence-corrected chi connectivity index (χ0v) is 17.5. The van der Waals surface area contributed by atoms with Gasteiger partial charge in [-0.2, -0.15) is 0 Å². The zero-order chi connectivity index (χ0) is 17.6. The number of hydrogen-bond acceptors (Lipinski definition) is 7. The first kappa shape index (κ1) is 20.1. The van der Waals surface area contributed by atoms with E-state index in [-0.39, 0.29) is 16.0 Å². The Balaban J connectivity index is 0.000000231. The van der Waals surface area contributed by atoms with Gasteiger partial charge in [-0.3, -0.25) is 0 Å². The van der Waals surface area contributed by atoms with Crippen molar-refractivity contribution in [2.24, 2.45) is 0 Å². The number of carbonyl (C=O) groups excluding carboxylic acids is 1. The molecule has 2 aromatic rings. The Morgan fingerprint density at radius 1 is 0.957 bits per heavy atom. The predicted molar refractivity (Wildman–Crippen MR) is 93.2 cm³/mol. The lowest BCUT2D eigenvalue weighted by Crippen LogP contribution is -2.06. The summed E-state index contributed by atoms with van der Waals surface area (Å²) in [6.45, 7) is 0. The van der Waals surface area contributed by atoms with Crippen molar-refractivity contribution in [2.75, 3.05) is 7.11 Å². The average Bonchev–Trinajstić information content (AvgIpc) is 2.51. The molecule has 0 spiro atoms. The Kier molecular flexibility index (Phi) is 8.16. The van der Waals surface area contributed by atoms with Crippen molar-refractivity contribution in [2.45, 2.75) is 0 Å². The summed E-state index contributed by atoms with van der Waals surface area (Å²) in [4.78, 5) is 36.6. The summed E-state index contributed by atoms with van der Waals surface area (Å²) < 4.78 is 5.98. The molecule has 23 heavy (non-hydrogen) atoms. The van der Waals surface area contributed by atoms with Gasteiger partial charge in [-0.1, -0.05) is 0 Å². The standard InChI is InChI=1S/C6H4Br2N2O2.C5H2Br2N2O2/c1-12-6(11)4-5(8)9-2-3(7)10-4;6-2-1-8-4(7)3(9-2)5(10)11/h2H,1H3;1H,(H,10,11). The number of nitrogens with zero attached hydrogens (tertiary/aromatic N) is 4. The minimum atomic E-state index is -1.11. The number of carbonyl (C=O) groups is 2. The van der Waals surface area contributed by atoms with Crippen LogP contribution in [-0.4, -0.2) is 44.1 Å². The van der Waals surface area contributed by atoms with E-state index >= 15 is 0 Å². The van der Waals surface area contributed by atoms with Crippen LogP contribution in [0.25, 0.3) is 0 Å². The normalized spacial score (nSPS) is 9.61. The molecule has 0 saturated heterocycles. The molecule has 0 aromatic carbocycles. The molecular weight excluding hydrogens is 572 g/mol. The van der Waals surface area contributed by atoms with Crippen LogP contribution in [0.1, 0.15) is 21.0 Å². The van der Waals surface area contributed by atoms with E-state index in [1.165, 1.54) is 19.5 Å². The van der Waals surface area contributed by atoms with E-state index in [0.717, 1.165) is 0 Å². The molecule has 0 aliphatic heterocycles. The molecule has 0 unspecified atom stereocenters. The monoisotopic (exact) mass is 574 g/mol. The van der Waals surface area contributed by atoms with Crippen LogP contribution in [0, 0.1) is 0 Å². The van der Waals surface area contributed by atoms with Crippen LogP contribution in [0.4, 0.5) is 0 Å². The molecule has 8 nitrogen and oxygen atoms in total. The van der Waals surface area contributed by atoms with Gasteiger partial charge < -0.3 is 9.84 Å². The molecule has 1 N–H and O–H groups in total. The Morgan fingerprint density at radius 3 is 1.78 bits per heavy atom. The van der Waals surface area contributed by atoms with Gasteiger partial charge in [-0.05, 0) is 63.7 Å². The number of aromatic carboxylic acids is 1. The lowest BCUT2D eigenvalue weighted by atomic mass is 10.5. The van der Waals surface area contributed by atoms with E-state index in [9.17, 15) is 9.59 Å². The third-order valence-electron chi connectivity index (χ3n) is 1.98. The second-order valence-corrected chi connectivity index (χ2v) is 6.59. The topological polar surface area (TPSA) is 115 Å². The Morgan fingerprint density at radius 2 is 1.39 bits per heavy atom. The summed E-state index contributed by atoms with van der Waals surface area (Å²) in [7, 11) is 1.29. The predicted octanol–water partition coefficient (Wildman–Crippen LogP) is 3.49. The van der Waals surface area contributed by atoms with E-state index in [4.69, 9.17) is 5.11 Å². The van der Waals surface area contributed by atoms with Crippen LogP contribution in [0.2, 0.25) is 0 Å². The number of halogens is 4. The average molecular weight is 578 g/mol. The van der Waals surface area contributed by atoms with Crippen LogP contribution >= 0.6 is 63.7 Å². The van der Waals surface area contributed by atoms with Crippen molar-refractivity contribution >= 4 is 75.7 Å². The highest BCUT2D eigenvalue weighted by molar-refractivity contribution is 9.11. The van der Waals surface area contributed by atoms with Gasteiger partial charge in [-0.25, -0.2) is 29.5 Å². The van der Waals surface area contributed by atoms with E-state index in [0.29, 0.717) is 13.8 Å². The molecule has 0 atom stereocenters. The SMILES string of the molecule is COC(=O)c1nc(Br)cnc1Br.O=C(O)c1nc(Br)cnc1Br. The van der Waals surface area contributed by atoms with Crippen molar-refractivity contribution in [3.8, 4) is 0 Å². The van der Waals surface area contributed by atoms with Crippen molar-refractivity contribution in [3.63, 3.8) is 0 Å². The Bertz CT molecular complexity index is 744. The van der Waals surface area contributed by atoms with Crippen molar-refractivity contribution in [1.29, 1.82) is 0 Å². The summed E-state index contributed by atoms with van der Waals surface area (Å²) in [6, 6.07) is 0. The lowest BCUT2D eigenvalue weighted by Gasteiger charge is -1.99. The van der Waals surface area contributed by atoms with Crippen LogP contribution in [-0.2, 0) is 4.74 Å². The van der Waals surface area contributed by atoms with Crippen molar-refractivity contribution in [3.05, 3.63) is 42.2 Å². The number of hydrogen-bond donors (Lipinski definition) is 1. The fourth-order valence-corrected chi connectivity index (χ4v) is 2.34. The molecule has 2 aromatic heterocycles. The fourth-order valence-electron chi connectivity index (χ4n) is 1.07. The lowest BCUT2D eigenvalue weighted by molar-refractivity contribution is 0.0591. The highest BCUT2D eigenvalue weighted by Crippen LogP contribution is 2.15. The summed E-state index contributed by atoms with van der Waals surface area (Å²) in [5.41, 5.74) is 0.0613. The molecule has 12 heteroatoms. The largest absolute Gasteiger partial charge is 0.476 e. The van der Waals surface area contributed by atoms with Gasteiger partial charge in [0.25, 0.3) is 0 Å². The summed E-state index contributed by atoms with van der Waals surface area (Å²) in [5.74, 6) is -1.62. The Labute approximate surface area is 163 Å². The summed E-state index contributed by atoms with van der Waals surface area (Å²) >= 11 is 12.1. The van der Waals surface area contributed by atoms with E-state index in [2.05, 4.69) is 88.4 Å². The third-order valence-corrected chi connectivity index (χ3v) is 3.90. The maximum atomic E-state index is 11.0. The minimum Gasteiger partial charge on any atom is -0.476 e. The molecule has 0 radical (unpaired) electrons. The second-order valence-electron chi connectivity index (χ2n) is 3.46. The summed E-state index contributed by atoms with van der Waals surface area (Å²) in [6.07, 6.45) is 2.90. The first-order valence-corrected chi connectivity index (χ1v) is 8.61. The molecule has 0 aliphatic carbocycles. The number of rotatable bonds is 2. The first-order valence-electron chi connectivity index (χ1n) is 5.44. The van der Waals surface area contributed by atoms with Crippen molar-refractivity contribution < 1.29 is 19.4 Å². The number of carboxylic acids is 1. The van der Waals surface area contributed by atoms with Crippen molar-refractivity contribution in [1.82, 2.24) is 19.9 Å². The van der Waals surface area contributed by atoms with Crippen LogP contribution in [0.3, 0.4) is 0 Å². The number of aromatic nitrogens is 4. The van der Waals surface area contributed by atoms with Gasteiger partial charge in [0.2, 0.25) is 0 Å². The van der Waals surface area contributed by atoms with Gasteiger partial charge in [-0.15, -0.1) is 0 Å². The van der Waals surface area contributed by atoms with Crippen LogP contribution < -0.4 is 0 Å². The van der Waals surface area contributed by atoms with Gasteiger partial charge in [0, 0.05) is 0 Å². The second kappa shape index (κ2) is 9.35. The minimum absolute atomic E-state index is 0.0978. The van der Waals surface area contributed by atoms with Crippen LogP contribution in [0.5, 0.6) is 0 Å². The Hall–Kier alpha value is -0.980. The molecule has 0 amide bonds. The zero-order valence-electron chi connectivity index (χ0n) is 11.1. The van der Waals surface area contributed by atoms with E-state index in [1.54, 1.807) is 0 Å². The van der Waals surface area contributed by atoms with Gasteiger partial charge in [0.15, 0.2) is 11.4 Å². The molecule has 0 aliphatic rings. The maximum absolute atomic E-state index is 11.0. The van der Waals surface area contributed by atoms with Crippen LogP contribution in [0.15, 0.2) is 30.8 Å². The molecule has 0 fully saturated rings. The maximum Gasteiger partial charge on any atom is 0.359 e. The number of methoxy groups -OCH3 is 1. The molecule has 2 heterocycles. The number of esters is 1. The molecule has 2 rings (SSSR count). The molecule has 0 bridgehead atoms. The van der Waals surface area contributed by atoms with Gasteiger partial charge in [0.1, 0.15) is 18.4 Å².